The van der Waals surface area contributed by atoms with Gasteiger partial charge in [0, 0.05) is 24.4 Å². The Labute approximate surface area is 180 Å². The molecule has 1 aromatic heterocycles. The van der Waals surface area contributed by atoms with Crippen LogP contribution in [0.25, 0.3) is 27.8 Å². The standard InChI is InChI=1S/C25H30NP.C2H6/c1-7-17(4)19-9-11-20(12-10-19)23-15-26(6)25(16(2)3)24(23)22-14-21(27)13-8-18(22)5;1-2/h8-15,17H,2,7,27H2,1,3-6H3;1-2H3/t17-;/m0./s1. The smallest absolute Gasteiger partial charge is 0.0514 e. The number of allylic oxidation sites excluding steroid dienone is 1. The van der Waals surface area contributed by atoms with Crippen molar-refractivity contribution >= 4 is 20.1 Å². The van der Waals surface area contributed by atoms with Crippen molar-refractivity contribution in [3.05, 3.63) is 72.1 Å². The highest BCUT2D eigenvalue weighted by atomic mass is 31.0. The van der Waals surface area contributed by atoms with Gasteiger partial charge in [-0.3, -0.25) is 0 Å². The van der Waals surface area contributed by atoms with E-state index in [9.17, 15) is 0 Å². The summed E-state index contributed by atoms with van der Waals surface area (Å²) in [6.45, 7) is 17.1. The molecule has 0 aliphatic rings. The van der Waals surface area contributed by atoms with E-state index in [4.69, 9.17) is 0 Å². The van der Waals surface area contributed by atoms with E-state index >= 15 is 0 Å². The first-order valence-corrected chi connectivity index (χ1v) is 11.2. The second-order valence-electron chi connectivity index (χ2n) is 7.66. The van der Waals surface area contributed by atoms with Gasteiger partial charge >= 0.3 is 0 Å². The molecule has 0 saturated heterocycles. The van der Waals surface area contributed by atoms with E-state index in [-0.39, 0.29) is 0 Å². The molecule has 0 N–H and O–H groups in total. The lowest BCUT2D eigenvalue weighted by atomic mass is 9.91. The van der Waals surface area contributed by atoms with Crippen LogP contribution in [0.3, 0.4) is 0 Å². The molecular weight excluding hydrogens is 369 g/mol. The number of hydrogen-bond acceptors (Lipinski definition) is 0. The third kappa shape index (κ3) is 4.90. The molecule has 0 bridgehead atoms. The minimum atomic E-state index is 0.594. The molecule has 29 heavy (non-hydrogen) atoms. The topological polar surface area (TPSA) is 4.93 Å². The van der Waals surface area contributed by atoms with Gasteiger partial charge in [-0.1, -0.05) is 70.7 Å². The quantitative estimate of drug-likeness (QED) is 0.383. The largest absolute Gasteiger partial charge is 0.350 e. The van der Waals surface area contributed by atoms with Gasteiger partial charge < -0.3 is 4.57 Å². The molecule has 0 radical (unpaired) electrons. The van der Waals surface area contributed by atoms with E-state index in [1.807, 2.05) is 13.8 Å². The maximum Gasteiger partial charge on any atom is 0.0514 e. The van der Waals surface area contributed by atoms with Gasteiger partial charge in [-0.05, 0) is 65.4 Å². The predicted molar refractivity (Wildman–Crippen MR) is 135 cm³/mol. The highest BCUT2D eigenvalue weighted by Gasteiger charge is 2.19. The van der Waals surface area contributed by atoms with Crippen LogP contribution >= 0.6 is 9.24 Å². The van der Waals surface area contributed by atoms with Crippen molar-refractivity contribution < 1.29 is 0 Å². The number of nitrogens with zero attached hydrogens (tertiary/aromatic N) is 1. The fourth-order valence-electron chi connectivity index (χ4n) is 3.77. The highest BCUT2D eigenvalue weighted by Crippen LogP contribution is 2.40. The van der Waals surface area contributed by atoms with Gasteiger partial charge in [-0.2, -0.15) is 0 Å². The van der Waals surface area contributed by atoms with Crippen LogP contribution in [0, 0.1) is 6.92 Å². The molecule has 0 fully saturated rings. The Morgan fingerprint density at radius 2 is 1.69 bits per heavy atom. The third-order valence-electron chi connectivity index (χ3n) is 5.52. The van der Waals surface area contributed by atoms with Crippen LogP contribution in [0.5, 0.6) is 0 Å². The monoisotopic (exact) mass is 405 g/mol. The van der Waals surface area contributed by atoms with Crippen LogP contribution in [0.1, 0.15) is 63.8 Å². The van der Waals surface area contributed by atoms with Gasteiger partial charge in [0.15, 0.2) is 0 Å². The van der Waals surface area contributed by atoms with Crippen molar-refractivity contribution in [2.45, 2.75) is 53.9 Å². The first kappa shape index (κ1) is 23.2. The number of aromatic nitrogens is 1. The summed E-state index contributed by atoms with van der Waals surface area (Å²) >= 11 is 0. The molecule has 2 aromatic carbocycles. The van der Waals surface area contributed by atoms with Gasteiger partial charge in [0.25, 0.3) is 0 Å². The lowest BCUT2D eigenvalue weighted by Gasteiger charge is -2.14. The van der Waals surface area contributed by atoms with Crippen molar-refractivity contribution in [2.75, 3.05) is 0 Å². The van der Waals surface area contributed by atoms with Gasteiger partial charge in [-0.15, -0.1) is 9.24 Å². The van der Waals surface area contributed by atoms with Crippen LogP contribution < -0.4 is 5.30 Å². The average Bonchev–Trinajstić information content (AvgIpc) is 3.08. The van der Waals surface area contributed by atoms with Crippen molar-refractivity contribution in [3.8, 4) is 22.3 Å². The molecule has 1 heterocycles. The summed E-state index contributed by atoms with van der Waals surface area (Å²) in [5, 5.41) is 1.20. The Hall–Kier alpha value is -2.11. The molecule has 3 aromatic rings. The number of benzene rings is 2. The molecule has 0 amide bonds. The fraction of sp³-hybridized carbons (Fsp3) is 0.333. The third-order valence-corrected chi connectivity index (χ3v) is 5.88. The Morgan fingerprint density at radius 1 is 1.07 bits per heavy atom. The summed E-state index contributed by atoms with van der Waals surface area (Å²) in [5.41, 5.74) is 10.1. The maximum atomic E-state index is 4.25. The van der Waals surface area contributed by atoms with E-state index in [1.165, 1.54) is 44.4 Å². The summed E-state index contributed by atoms with van der Waals surface area (Å²) in [6, 6.07) is 15.7. The molecular formula is C27H36NP. The Balaban J connectivity index is 0.00000145. The summed E-state index contributed by atoms with van der Waals surface area (Å²) in [7, 11) is 4.94. The minimum absolute atomic E-state index is 0.594. The SMILES string of the molecule is C=C(C)c1c(-c2cc(P)ccc2C)c(-c2ccc([C@@H](C)CC)cc2)cn1C.CC. The Kier molecular flexibility index (Phi) is 8.05. The van der Waals surface area contributed by atoms with Crippen LogP contribution in [0.4, 0.5) is 0 Å². The second-order valence-corrected chi connectivity index (χ2v) is 8.33. The zero-order valence-corrected chi connectivity index (χ0v) is 20.3. The van der Waals surface area contributed by atoms with E-state index < -0.39 is 0 Å². The number of aryl methyl sites for hydroxylation is 2. The van der Waals surface area contributed by atoms with Gasteiger partial charge in [0.1, 0.15) is 0 Å². The van der Waals surface area contributed by atoms with Gasteiger partial charge in [0.2, 0.25) is 0 Å². The Bertz CT molecular complexity index is 977. The fourth-order valence-corrected chi connectivity index (χ4v) is 4.03. The maximum absolute atomic E-state index is 4.25. The van der Waals surface area contributed by atoms with Crippen LogP contribution in [-0.4, -0.2) is 4.57 Å². The number of rotatable bonds is 5. The Morgan fingerprint density at radius 3 is 2.24 bits per heavy atom. The first-order chi connectivity index (χ1) is 13.8. The normalized spacial score (nSPS) is 11.6. The van der Waals surface area contributed by atoms with E-state index in [2.05, 4.69) is 104 Å². The average molecular weight is 406 g/mol. The van der Waals surface area contributed by atoms with Gasteiger partial charge in [-0.25, -0.2) is 0 Å². The van der Waals surface area contributed by atoms with Crippen molar-refractivity contribution in [2.24, 2.45) is 7.05 Å². The molecule has 154 valence electrons. The predicted octanol–water partition coefficient (Wildman–Crippen LogP) is 7.74. The van der Waals surface area contributed by atoms with Gasteiger partial charge in [0.05, 0.1) is 5.69 Å². The van der Waals surface area contributed by atoms with Crippen molar-refractivity contribution in [1.29, 1.82) is 0 Å². The molecule has 0 aliphatic heterocycles. The lowest BCUT2D eigenvalue weighted by molar-refractivity contribution is 0.734. The van der Waals surface area contributed by atoms with E-state index in [1.54, 1.807) is 0 Å². The molecule has 2 heteroatoms. The second kappa shape index (κ2) is 10.1. The molecule has 1 nitrogen and oxygen atoms in total. The van der Waals surface area contributed by atoms with Crippen LogP contribution in [0.2, 0.25) is 0 Å². The molecule has 0 aliphatic carbocycles. The van der Waals surface area contributed by atoms with E-state index in [0.717, 1.165) is 12.0 Å². The summed E-state index contributed by atoms with van der Waals surface area (Å²) in [4.78, 5) is 0. The molecule has 0 saturated carbocycles. The first-order valence-electron chi connectivity index (χ1n) is 10.7. The van der Waals surface area contributed by atoms with Crippen LogP contribution in [0.15, 0.2) is 55.2 Å². The molecule has 2 atom stereocenters. The van der Waals surface area contributed by atoms with Crippen LogP contribution in [-0.2, 0) is 7.05 Å². The number of hydrogen-bond donors (Lipinski definition) is 0. The molecule has 0 spiro atoms. The summed E-state index contributed by atoms with van der Waals surface area (Å²) in [6.07, 6.45) is 3.41. The zero-order valence-electron chi connectivity index (χ0n) is 19.1. The highest BCUT2D eigenvalue weighted by molar-refractivity contribution is 7.27. The van der Waals surface area contributed by atoms with E-state index in [0.29, 0.717) is 5.92 Å². The molecule has 3 rings (SSSR count). The summed E-state index contributed by atoms with van der Waals surface area (Å²) in [5.74, 6) is 0.594. The zero-order chi connectivity index (χ0) is 21.7. The minimum Gasteiger partial charge on any atom is -0.350 e. The lowest BCUT2D eigenvalue weighted by Crippen LogP contribution is -1.98. The van der Waals surface area contributed by atoms with Crippen molar-refractivity contribution in [3.63, 3.8) is 0 Å². The molecule has 1 unspecified atom stereocenters. The summed E-state index contributed by atoms with van der Waals surface area (Å²) < 4.78 is 2.21. The van der Waals surface area contributed by atoms with Crippen molar-refractivity contribution in [1.82, 2.24) is 4.57 Å².